The summed E-state index contributed by atoms with van der Waals surface area (Å²) in [6.07, 6.45) is 1.97. The summed E-state index contributed by atoms with van der Waals surface area (Å²) >= 11 is 6.10. The molecule has 1 fully saturated rings. The molecule has 0 saturated carbocycles. The molecular weight excluding hydrogens is 250 g/mol. The molecule has 0 spiro atoms. The minimum atomic E-state index is 0.0177. The molecule has 1 aromatic carbocycles. The van der Waals surface area contributed by atoms with Crippen LogP contribution in [0.15, 0.2) is 18.2 Å². The van der Waals surface area contributed by atoms with E-state index in [1.165, 1.54) is 0 Å². The van der Waals surface area contributed by atoms with Gasteiger partial charge in [-0.3, -0.25) is 0 Å². The summed E-state index contributed by atoms with van der Waals surface area (Å²) in [5.41, 5.74) is 7.02. The fourth-order valence-electron chi connectivity index (χ4n) is 2.38. The van der Waals surface area contributed by atoms with Gasteiger partial charge in [-0.1, -0.05) is 11.6 Å². The van der Waals surface area contributed by atoms with E-state index < -0.39 is 0 Å². The molecule has 1 aliphatic rings. The van der Waals surface area contributed by atoms with Gasteiger partial charge in [0, 0.05) is 22.0 Å². The van der Waals surface area contributed by atoms with E-state index in [1.54, 1.807) is 7.11 Å². The lowest BCUT2D eigenvalue weighted by atomic mass is 9.74. The van der Waals surface area contributed by atoms with E-state index in [1.807, 2.05) is 25.1 Å². The number of nitrogens with two attached hydrogens (primary N) is 1. The van der Waals surface area contributed by atoms with Crippen LogP contribution < -0.4 is 10.5 Å². The Kier molecular flexibility index (Phi) is 4.15. The molecule has 18 heavy (non-hydrogen) atoms. The van der Waals surface area contributed by atoms with E-state index in [-0.39, 0.29) is 11.5 Å². The number of halogens is 1. The normalized spacial score (nSPS) is 19.1. The topological polar surface area (TPSA) is 44.5 Å². The summed E-state index contributed by atoms with van der Waals surface area (Å²) in [6.45, 7) is 3.47. The first-order valence-corrected chi connectivity index (χ1v) is 6.62. The molecule has 1 aliphatic heterocycles. The van der Waals surface area contributed by atoms with Crippen LogP contribution in [0.25, 0.3) is 0 Å². The molecule has 4 heteroatoms. The van der Waals surface area contributed by atoms with Crippen LogP contribution in [-0.4, -0.2) is 26.4 Å². The van der Waals surface area contributed by atoms with Crippen molar-refractivity contribution in [3.63, 3.8) is 0 Å². The molecule has 1 atom stereocenters. The van der Waals surface area contributed by atoms with E-state index in [0.717, 1.165) is 42.4 Å². The molecule has 0 bridgehead atoms. The van der Waals surface area contributed by atoms with Crippen molar-refractivity contribution in [2.45, 2.75) is 31.2 Å². The first-order valence-electron chi connectivity index (χ1n) is 6.25. The minimum absolute atomic E-state index is 0.0177. The average Bonchev–Trinajstić information content (AvgIpc) is 2.27. The van der Waals surface area contributed by atoms with Crippen LogP contribution in [0.4, 0.5) is 0 Å². The first kappa shape index (κ1) is 13.7. The van der Waals surface area contributed by atoms with Crippen LogP contribution in [0.1, 0.15) is 25.3 Å². The molecule has 2 N–H and O–H groups in total. The molecule has 0 aromatic heterocycles. The Bertz CT molecular complexity index is 416. The van der Waals surface area contributed by atoms with Crippen LogP contribution >= 0.6 is 11.6 Å². The number of hydrogen-bond acceptors (Lipinski definition) is 3. The van der Waals surface area contributed by atoms with E-state index in [9.17, 15) is 0 Å². The van der Waals surface area contributed by atoms with Crippen LogP contribution in [0.2, 0.25) is 5.02 Å². The van der Waals surface area contributed by atoms with Gasteiger partial charge in [-0.2, -0.15) is 0 Å². The molecule has 1 saturated heterocycles. The maximum atomic E-state index is 6.10. The second kappa shape index (κ2) is 5.47. The molecule has 100 valence electrons. The Morgan fingerprint density at radius 3 is 2.72 bits per heavy atom. The highest BCUT2D eigenvalue weighted by Gasteiger charge is 2.42. The van der Waals surface area contributed by atoms with Gasteiger partial charge in [-0.05, 0) is 38.0 Å². The zero-order valence-corrected chi connectivity index (χ0v) is 11.7. The van der Waals surface area contributed by atoms with Gasteiger partial charge in [0.1, 0.15) is 5.75 Å². The van der Waals surface area contributed by atoms with Gasteiger partial charge in [0.15, 0.2) is 0 Å². The predicted molar refractivity (Wildman–Crippen MR) is 73.4 cm³/mol. The number of rotatable bonds is 5. The third kappa shape index (κ3) is 2.63. The lowest BCUT2D eigenvalue weighted by Gasteiger charge is -2.43. The van der Waals surface area contributed by atoms with Gasteiger partial charge in [0.05, 0.1) is 20.3 Å². The van der Waals surface area contributed by atoms with Gasteiger partial charge in [-0.15, -0.1) is 0 Å². The van der Waals surface area contributed by atoms with Crippen molar-refractivity contribution in [2.24, 2.45) is 5.73 Å². The molecule has 1 heterocycles. The summed E-state index contributed by atoms with van der Waals surface area (Å²) in [5.74, 6) is 0.882. The average molecular weight is 270 g/mol. The standard InChI is InChI=1S/C14H20ClNO2/c1-10(16)5-6-14(8-18-9-14)12-7-11(15)3-4-13(12)17-2/h3-4,7,10H,5-6,8-9,16H2,1-2H3. The lowest BCUT2D eigenvalue weighted by molar-refractivity contribution is -0.0665. The van der Waals surface area contributed by atoms with E-state index in [2.05, 4.69) is 0 Å². The molecule has 0 radical (unpaired) electrons. The monoisotopic (exact) mass is 269 g/mol. The highest BCUT2D eigenvalue weighted by atomic mass is 35.5. The number of methoxy groups -OCH3 is 1. The summed E-state index contributed by atoms with van der Waals surface area (Å²) in [5, 5.41) is 0.734. The Balaban J connectivity index is 2.28. The molecule has 3 nitrogen and oxygen atoms in total. The highest BCUT2D eigenvalue weighted by molar-refractivity contribution is 6.30. The quantitative estimate of drug-likeness (QED) is 0.894. The van der Waals surface area contributed by atoms with E-state index in [0.29, 0.717) is 0 Å². The molecule has 0 amide bonds. The molecular formula is C14H20ClNO2. The second-order valence-corrected chi connectivity index (χ2v) is 5.57. The van der Waals surface area contributed by atoms with Crippen LogP contribution in [-0.2, 0) is 10.2 Å². The van der Waals surface area contributed by atoms with Crippen molar-refractivity contribution in [1.82, 2.24) is 0 Å². The maximum absolute atomic E-state index is 6.10. The SMILES string of the molecule is COc1ccc(Cl)cc1C1(CCC(C)N)COC1. The number of benzene rings is 1. The van der Waals surface area contributed by atoms with Crippen molar-refractivity contribution in [3.8, 4) is 5.75 Å². The fraction of sp³-hybridized carbons (Fsp3) is 0.571. The first-order chi connectivity index (χ1) is 8.57. The zero-order valence-electron chi connectivity index (χ0n) is 10.9. The Morgan fingerprint density at radius 2 is 2.22 bits per heavy atom. The fourth-order valence-corrected chi connectivity index (χ4v) is 2.55. The van der Waals surface area contributed by atoms with Crippen LogP contribution in [0, 0.1) is 0 Å². The van der Waals surface area contributed by atoms with Gasteiger partial charge in [-0.25, -0.2) is 0 Å². The molecule has 1 unspecified atom stereocenters. The Labute approximate surface area is 113 Å². The van der Waals surface area contributed by atoms with Crippen molar-refractivity contribution in [1.29, 1.82) is 0 Å². The Morgan fingerprint density at radius 1 is 1.50 bits per heavy atom. The van der Waals surface area contributed by atoms with Crippen molar-refractivity contribution in [3.05, 3.63) is 28.8 Å². The Hall–Kier alpha value is -0.770. The minimum Gasteiger partial charge on any atom is -0.496 e. The maximum Gasteiger partial charge on any atom is 0.122 e. The summed E-state index contributed by atoms with van der Waals surface area (Å²) in [6, 6.07) is 5.96. The third-order valence-electron chi connectivity index (χ3n) is 3.57. The highest BCUT2D eigenvalue weighted by Crippen LogP contribution is 2.42. The lowest BCUT2D eigenvalue weighted by Crippen LogP contribution is -2.47. The molecule has 2 rings (SSSR count). The van der Waals surface area contributed by atoms with Gasteiger partial charge < -0.3 is 15.2 Å². The van der Waals surface area contributed by atoms with Crippen molar-refractivity contribution in [2.75, 3.05) is 20.3 Å². The van der Waals surface area contributed by atoms with Gasteiger partial charge >= 0.3 is 0 Å². The number of hydrogen-bond donors (Lipinski definition) is 1. The molecule has 1 aromatic rings. The van der Waals surface area contributed by atoms with Crippen LogP contribution in [0.5, 0.6) is 5.75 Å². The van der Waals surface area contributed by atoms with E-state index >= 15 is 0 Å². The zero-order chi connectivity index (χ0) is 13.2. The summed E-state index contributed by atoms with van der Waals surface area (Å²) in [7, 11) is 1.69. The summed E-state index contributed by atoms with van der Waals surface area (Å²) < 4.78 is 10.9. The summed E-state index contributed by atoms with van der Waals surface area (Å²) in [4.78, 5) is 0. The molecule has 0 aliphatic carbocycles. The van der Waals surface area contributed by atoms with Crippen molar-refractivity contribution >= 4 is 11.6 Å². The second-order valence-electron chi connectivity index (χ2n) is 5.13. The smallest absolute Gasteiger partial charge is 0.122 e. The number of ether oxygens (including phenoxy) is 2. The predicted octanol–water partition coefficient (Wildman–Crippen LogP) is 2.74. The largest absolute Gasteiger partial charge is 0.496 e. The van der Waals surface area contributed by atoms with Crippen molar-refractivity contribution < 1.29 is 9.47 Å². The van der Waals surface area contributed by atoms with Gasteiger partial charge in [0.2, 0.25) is 0 Å². The van der Waals surface area contributed by atoms with E-state index in [4.69, 9.17) is 26.8 Å². The van der Waals surface area contributed by atoms with Crippen LogP contribution in [0.3, 0.4) is 0 Å². The third-order valence-corrected chi connectivity index (χ3v) is 3.80. The van der Waals surface area contributed by atoms with Gasteiger partial charge in [0.25, 0.3) is 0 Å².